The largest absolute Gasteiger partial charge is 0.379 e. The van der Waals surface area contributed by atoms with E-state index in [1.165, 1.54) is 24.3 Å². The molecule has 0 radical (unpaired) electrons. The van der Waals surface area contributed by atoms with Crippen LogP contribution in [-0.2, 0) is 4.74 Å². The first-order valence-electron chi connectivity index (χ1n) is 8.91. The van der Waals surface area contributed by atoms with Gasteiger partial charge in [-0.3, -0.25) is 9.89 Å². The van der Waals surface area contributed by atoms with E-state index in [1.807, 2.05) is 7.05 Å². The third-order valence-electron chi connectivity index (χ3n) is 5.53. The molecule has 7 heteroatoms. The predicted molar refractivity (Wildman–Crippen MR) is 114 cm³/mol. The maximum absolute atomic E-state index is 5.55. The lowest BCUT2D eigenvalue weighted by Crippen LogP contribution is -2.60. The highest BCUT2D eigenvalue weighted by Crippen LogP contribution is 2.34. The molecular weight excluding hydrogens is 435 g/mol. The average Bonchev–Trinajstić information content (AvgIpc) is 3.17. The van der Waals surface area contributed by atoms with Gasteiger partial charge in [-0.2, -0.15) is 11.8 Å². The van der Waals surface area contributed by atoms with Crippen LogP contribution in [0.15, 0.2) is 4.99 Å². The van der Waals surface area contributed by atoms with Crippen LogP contribution in [0.3, 0.4) is 0 Å². The molecule has 0 amide bonds. The molecule has 0 aliphatic carbocycles. The highest BCUT2D eigenvalue weighted by atomic mass is 127. The molecule has 3 heterocycles. The van der Waals surface area contributed by atoms with Crippen LogP contribution in [0.25, 0.3) is 0 Å². The van der Waals surface area contributed by atoms with Crippen molar-refractivity contribution in [2.45, 2.75) is 32.2 Å². The van der Waals surface area contributed by atoms with Gasteiger partial charge in [0.15, 0.2) is 5.96 Å². The van der Waals surface area contributed by atoms with Crippen molar-refractivity contribution in [1.82, 2.24) is 15.1 Å². The van der Waals surface area contributed by atoms with Crippen LogP contribution < -0.4 is 5.32 Å². The minimum Gasteiger partial charge on any atom is -0.379 e. The van der Waals surface area contributed by atoms with Crippen LogP contribution in [0, 0.1) is 5.41 Å². The topological polar surface area (TPSA) is 40.1 Å². The van der Waals surface area contributed by atoms with Gasteiger partial charge in [0.2, 0.25) is 0 Å². The third-order valence-corrected chi connectivity index (χ3v) is 6.76. The molecule has 1 atom stereocenters. The Morgan fingerprint density at radius 3 is 2.50 bits per heavy atom. The van der Waals surface area contributed by atoms with Crippen LogP contribution >= 0.6 is 35.7 Å². The normalized spacial score (nSPS) is 31.1. The molecule has 0 aromatic heterocycles. The standard InChI is InChI=1S/C17H32N4OS.HI/c1-16(2)4-6-20(13-16)15(18-3)19-12-17(5-11-23-14-17)21-7-9-22-10-8-21;/h4-14H2,1-3H3,(H,18,19);1H. The van der Waals surface area contributed by atoms with Crippen molar-refractivity contribution in [3.63, 3.8) is 0 Å². The lowest BCUT2D eigenvalue weighted by molar-refractivity contribution is -0.0121. The summed E-state index contributed by atoms with van der Waals surface area (Å²) < 4.78 is 5.55. The fourth-order valence-electron chi connectivity index (χ4n) is 4.00. The van der Waals surface area contributed by atoms with E-state index in [2.05, 4.69) is 45.7 Å². The summed E-state index contributed by atoms with van der Waals surface area (Å²) in [5.74, 6) is 3.58. The number of hydrogen-bond donors (Lipinski definition) is 1. The maximum atomic E-state index is 5.55. The summed E-state index contributed by atoms with van der Waals surface area (Å²) in [5.41, 5.74) is 0.683. The Morgan fingerprint density at radius 1 is 1.21 bits per heavy atom. The molecule has 140 valence electrons. The van der Waals surface area contributed by atoms with Gasteiger partial charge in [0, 0.05) is 51.1 Å². The van der Waals surface area contributed by atoms with Crippen LogP contribution in [0.5, 0.6) is 0 Å². The number of aliphatic imine (C=N–C) groups is 1. The molecule has 1 unspecified atom stereocenters. The predicted octanol–water partition coefficient (Wildman–Crippen LogP) is 2.12. The lowest BCUT2D eigenvalue weighted by Gasteiger charge is -2.43. The van der Waals surface area contributed by atoms with Gasteiger partial charge in [0.25, 0.3) is 0 Å². The summed E-state index contributed by atoms with van der Waals surface area (Å²) in [6.07, 6.45) is 2.52. The summed E-state index contributed by atoms with van der Waals surface area (Å²) in [5, 5.41) is 3.71. The molecular formula is C17H33IN4OS. The second-order valence-corrected chi connectivity index (χ2v) is 8.97. The monoisotopic (exact) mass is 468 g/mol. The lowest BCUT2D eigenvalue weighted by atomic mass is 9.93. The zero-order valence-electron chi connectivity index (χ0n) is 15.3. The molecule has 3 rings (SSSR count). The first-order chi connectivity index (χ1) is 11.0. The Hall–Kier alpha value is 0.270. The second-order valence-electron chi connectivity index (χ2n) is 7.86. The van der Waals surface area contributed by atoms with Gasteiger partial charge >= 0.3 is 0 Å². The number of nitrogens with one attached hydrogen (secondary N) is 1. The fraction of sp³-hybridized carbons (Fsp3) is 0.941. The molecule has 24 heavy (non-hydrogen) atoms. The van der Waals surface area contributed by atoms with E-state index in [9.17, 15) is 0 Å². The van der Waals surface area contributed by atoms with Gasteiger partial charge in [0.05, 0.1) is 13.2 Å². The number of halogens is 1. The molecule has 3 aliphatic rings. The Morgan fingerprint density at radius 2 is 1.96 bits per heavy atom. The summed E-state index contributed by atoms with van der Waals surface area (Å²) in [6.45, 7) is 11.8. The van der Waals surface area contributed by atoms with Crippen molar-refractivity contribution in [2.75, 3.05) is 64.5 Å². The molecule has 0 aromatic carbocycles. The molecule has 1 N–H and O–H groups in total. The van der Waals surface area contributed by atoms with Gasteiger partial charge in [0.1, 0.15) is 0 Å². The van der Waals surface area contributed by atoms with Crippen LogP contribution in [-0.4, -0.2) is 85.8 Å². The summed E-state index contributed by atoms with van der Waals surface area (Å²) in [7, 11) is 1.92. The molecule has 5 nitrogen and oxygen atoms in total. The van der Waals surface area contributed by atoms with Crippen molar-refractivity contribution < 1.29 is 4.74 Å². The summed E-state index contributed by atoms with van der Waals surface area (Å²) >= 11 is 2.09. The number of thioether (sulfide) groups is 1. The maximum Gasteiger partial charge on any atom is 0.193 e. The highest BCUT2D eigenvalue weighted by Gasteiger charge is 2.41. The van der Waals surface area contributed by atoms with Gasteiger partial charge in [-0.15, -0.1) is 24.0 Å². The van der Waals surface area contributed by atoms with Gasteiger partial charge in [-0.1, -0.05) is 13.8 Å². The molecule has 3 aliphatic heterocycles. The van der Waals surface area contributed by atoms with E-state index in [4.69, 9.17) is 4.74 Å². The number of hydrogen-bond acceptors (Lipinski definition) is 4. The van der Waals surface area contributed by atoms with E-state index in [1.54, 1.807) is 0 Å². The molecule has 0 aromatic rings. The Labute approximate surface area is 168 Å². The van der Waals surface area contributed by atoms with Crippen LogP contribution in [0.2, 0.25) is 0 Å². The zero-order valence-corrected chi connectivity index (χ0v) is 18.5. The fourth-order valence-corrected chi connectivity index (χ4v) is 5.48. The number of likely N-dealkylation sites (tertiary alicyclic amines) is 1. The highest BCUT2D eigenvalue weighted by molar-refractivity contribution is 14.0. The summed E-state index contributed by atoms with van der Waals surface area (Å²) in [4.78, 5) is 9.64. The van der Waals surface area contributed by atoms with Crippen molar-refractivity contribution in [1.29, 1.82) is 0 Å². The minimum absolute atomic E-state index is 0. The van der Waals surface area contributed by atoms with E-state index < -0.39 is 0 Å². The Balaban J connectivity index is 0.00000208. The molecule has 3 saturated heterocycles. The Kier molecular flexibility index (Phi) is 7.52. The molecule has 0 saturated carbocycles. The van der Waals surface area contributed by atoms with Gasteiger partial charge in [-0.25, -0.2) is 0 Å². The third kappa shape index (κ3) is 4.71. The number of nitrogens with zero attached hydrogens (tertiary/aromatic N) is 3. The second kappa shape index (κ2) is 8.77. The smallest absolute Gasteiger partial charge is 0.193 e. The summed E-state index contributed by atoms with van der Waals surface area (Å²) in [6, 6.07) is 0. The van der Waals surface area contributed by atoms with Crippen molar-refractivity contribution in [3.05, 3.63) is 0 Å². The van der Waals surface area contributed by atoms with E-state index >= 15 is 0 Å². The van der Waals surface area contributed by atoms with Crippen molar-refractivity contribution >= 4 is 41.7 Å². The van der Waals surface area contributed by atoms with E-state index in [-0.39, 0.29) is 29.5 Å². The van der Waals surface area contributed by atoms with Crippen molar-refractivity contribution in [2.24, 2.45) is 10.4 Å². The van der Waals surface area contributed by atoms with Crippen LogP contribution in [0.1, 0.15) is 26.7 Å². The molecule has 0 bridgehead atoms. The molecule has 3 fully saturated rings. The van der Waals surface area contributed by atoms with E-state index in [0.717, 1.165) is 51.9 Å². The number of morpholine rings is 1. The first-order valence-corrected chi connectivity index (χ1v) is 10.1. The number of ether oxygens (including phenoxy) is 1. The quantitative estimate of drug-likeness (QED) is 0.391. The van der Waals surface area contributed by atoms with E-state index in [0.29, 0.717) is 5.41 Å². The van der Waals surface area contributed by atoms with Gasteiger partial charge in [-0.05, 0) is 24.0 Å². The Bertz CT molecular complexity index is 434. The number of guanidine groups is 1. The zero-order chi connectivity index (χ0) is 16.3. The first kappa shape index (κ1) is 20.6. The van der Waals surface area contributed by atoms with Crippen molar-refractivity contribution in [3.8, 4) is 0 Å². The number of rotatable bonds is 3. The minimum atomic E-state index is 0. The average molecular weight is 468 g/mol. The molecule has 0 spiro atoms. The SMILES string of the molecule is CN=C(NCC1(N2CCOCC2)CCSC1)N1CCC(C)(C)C1.I. The van der Waals surface area contributed by atoms with Gasteiger partial charge < -0.3 is 15.0 Å². The van der Waals surface area contributed by atoms with Crippen LogP contribution in [0.4, 0.5) is 0 Å².